The van der Waals surface area contributed by atoms with Crippen molar-refractivity contribution in [3.8, 4) is 5.75 Å². The van der Waals surface area contributed by atoms with Crippen molar-refractivity contribution in [2.45, 2.75) is 26.2 Å². The third kappa shape index (κ3) is 4.93. The first-order chi connectivity index (χ1) is 13.8. The highest BCUT2D eigenvalue weighted by atomic mass is 16.6. The number of anilines is 2. The minimum Gasteiger partial charge on any atom is -0.482 e. The minimum absolute atomic E-state index is 0.122. The van der Waals surface area contributed by atoms with Crippen molar-refractivity contribution >= 4 is 29.2 Å². The number of para-hydroxylation sites is 3. The maximum atomic E-state index is 12.5. The Kier molecular flexibility index (Phi) is 5.87. The van der Waals surface area contributed by atoms with Gasteiger partial charge in [0.1, 0.15) is 12.3 Å². The number of nitrogens with one attached hydrogen (secondary N) is 1. The fraction of sp³-hybridized carbons (Fsp3) is 0.318. The number of amides is 2. The number of benzene rings is 2. The topological polar surface area (TPSA) is 84.9 Å². The fourth-order valence-electron chi connectivity index (χ4n) is 3.07. The van der Waals surface area contributed by atoms with Gasteiger partial charge in [-0.25, -0.2) is 4.79 Å². The molecule has 29 heavy (non-hydrogen) atoms. The second kappa shape index (κ2) is 8.34. The Morgan fingerprint density at radius 1 is 1.03 bits per heavy atom. The lowest BCUT2D eigenvalue weighted by molar-refractivity contribution is -0.149. The van der Waals surface area contributed by atoms with E-state index in [9.17, 15) is 14.4 Å². The van der Waals surface area contributed by atoms with Gasteiger partial charge < -0.3 is 14.8 Å². The molecule has 0 spiro atoms. The van der Waals surface area contributed by atoms with Gasteiger partial charge in [-0.3, -0.25) is 14.5 Å². The van der Waals surface area contributed by atoms with Gasteiger partial charge in [0.25, 0.3) is 5.91 Å². The van der Waals surface area contributed by atoms with Crippen LogP contribution in [-0.4, -0.2) is 37.5 Å². The lowest BCUT2D eigenvalue weighted by Gasteiger charge is -2.28. The molecule has 7 nitrogen and oxygen atoms in total. The van der Waals surface area contributed by atoms with E-state index in [1.165, 1.54) is 4.90 Å². The molecular formula is C22H24N2O5. The Balaban J connectivity index is 1.57. The first-order valence-corrected chi connectivity index (χ1v) is 9.33. The summed E-state index contributed by atoms with van der Waals surface area (Å²) < 4.78 is 10.7. The normalized spacial score (nSPS) is 13.3. The zero-order valence-electron chi connectivity index (χ0n) is 16.7. The maximum absolute atomic E-state index is 12.5. The van der Waals surface area contributed by atoms with E-state index in [-0.39, 0.29) is 24.5 Å². The molecule has 2 aromatic rings. The molecule has 0 saturated carbocycles. The average Bonchev–Trinajstić information content (AvgIpc) is 2.69. The molecule has 1 N–H and O–H groups in total. The minimum atomic E-state index is -0.656. The molecule has 1 aliphatic heterocycles. The Labute approximate surface area is 169 Å². The number of carbonyl (C=O) groups is 3. The monoisotopic (exact) mass is 396 g/mol. The van der Waals surface area contributed by atoms with Gasteiger partial charge in [-0.1, -0.05) is 51.1 Å². The quantitative estimate of drug-likeness (QED) is 0.786. The number of nitrogens with zero attached hydrogens (tertiary/aromatic N) is 1. The van der Waals surface area contributed by atoms with Crippen LogP contribution in [0.15, 0.2) is 48.5 Å². The molecule has 1 aliphatic rings. The van der Waals surface area contributed by atoms with Crippen molar-refractivity contribution in [3.05, 3.63) is 54.1 Å². The number of carbonyl (C=O) groups excluding carboxylic acids is 3. The van der Waals surface area contributed by atoms with Gasteiger partial charge in [-0.05, 0) is 29.2 Å². The van der Waals surface area contributed by atoms with Crippen LogP contribution in [0, 0.1) is 0 Å². The fourth-order valence-corrected chi connectivity index (χ4v) is 3.07. The van der Waals surface area contributed by atoms with Crippen LogP contribution in [0.4, 0.5) is 11.4 Å². The van der Waals surface area contributed by atoms with Crippen molar-refractivity contribution in [2.75, 3.05) is 30.0 Å². The van der Waals surface area contributed by atoms with Crippen molar-refractivity contribution in [3.63, 3.8) is 0 Å². The summed E-state index contributed by atoms with van der Waals surface area (Å²) in [6, 6.07) is 14.4. The van der Waals surface area contributed by atoms with E-state index < -0.39 is 18.5 Å². The van der Waals surface area contributed by atoms with Gasteiger partial charge in [0, 0.05) is 0 Å². The predicted molar refractivity (Wildman–Crippen MR) is 109 cm³/mol. The lowest BCUT2D eigenvalue weighted by atomic mass is 9.86. The number of ether oxygens (including phenoxy) is 2. The Morgan fingerprint density at radius 2 is 1.72 bits per heavy atom. The highest BCUT2D eigenvalue weighted by Gasteiger charge is 2.27. The van der Waals surface area contributed by atoms with Gasteiger partial charge in [0.05, 0.1) is 11.4 Å². The highest BCUT2D eigenvalue weighted by Crippen LogP contribution is 2.31. The second-order valence-corrected chi connectivity index (χ2v) is 7.74. The van der Waals surface area contributed by atoms with Gasteiger partial charge >= 0.3 is 5.97 Å². The lowest BCUT2D eigenvalue weighted by Crippen LogP contribution is -2.44. The average molecular weight is 396 g/mol. The number of rotatable bonds is 5. The van der Waals surface area contributed by atoms with E-state index >= 15 is 0 Å². The summed E-state index contributed by atoms with van der Waals surface area (Å²) in [4.78, 5) is 37.7. The second-order valence-electron chi connectivity index (χ2n) is 7.74. The first kappa shape index (κ1) is 20.4. The molecule has 152 valence electrons. The molecule has 7 heteroatoms. The number of hydrogen-bond acceptors (Lipinski definition) is 5. The third-order valence-electron chi connectivity index (χ3n) is 4.47. The van der Waals surface area contributed by atoms with Crippen LogP contribution in [0.1, 0.15) is 26.3 Å². The van der Waals surface area contributed by atoms with Crippen LogP contribution in [-0.2, 0) is 24.5 Å². The van der Waals surface area contributed by atoms with Crippen LogP contribution >= 0.6 is 0 Å². The predicted octanol–water partition coefficient (Wildman–Crippen LogP) is 2.89. The van der Waals surface area contributed by atoms with Gasteiger partial charge in [0.2, 0.25) is 5.91 Å². The molecule has 0 atom stereocenters. The van der Waals surface area contributed by atoms with Crippen LogP contribution in [0.3, 0.4) is 0 Å². The van der Waals surface area contributed by atoms with Crippen molar-refractivity contribution in [1.29, 1.82) is 0 Å². The molecule has 0 aliphatic carbocycles. The van der Waals surface area contributed by atoms with Crippen molar-refractivity contribution in [2.24, 2.45) is 0 Å². The molecule has 0 saturated heterocycles. The SMILES string of the molecule is CC(C)(C)c1ccccc1OCC(=O)OCC(=O)N1CC(=O)Nc2ccccc21. The third-order valence-corrected chi connectivity index (χ3v) is 4.47. The largest absolute Gasteiger partial charge is 0.482 e. The molecule has 0 bridgehead atoms. The Morgan fingerprint density at radius 3 is 2.48 bits per heavy atom. The molecule has 0 unspecified atom stereocenters. The van der Waals surface area contributed by atoms with E-state index in [0.29, 0.717) is 17.1 Å². The summed E-state index contributed by atoms with van der Waals surface area (Å²) in [5.41, 5.74) is 1.95. The van der Waals surface area contributed by atoms with Crippen LogP contribution in [0.25, 0.3) is 0 Å². The summed E-state index contributed by atoms with van der Waals surface area (Å²) in [6.07, 6.45) is 0. The number of fused-ring (bicyclic) bond motifs is 1. The van der Waals surface area contributed by atoms with E-state index in [1.54, 1.807) is 30.3 Å². The number of esters is 1. The van der Waals surface area contributed by atoms with E-state index in [0.717, 1.165) is 5.56 Å². The Bertz CT molecular complexity index is 933. The zero-order valence-corrected chi connectivity index (χ0v) is 16.7. The van der Waals surface area contributed by atoms with Gasteiger partial charge in [-0.2, -0.15) is 0 Å². The van der Waals surface area contributed by atoms with E-state index in [2.05, 4.69) is 26.1 Å². The van der Waals surface area contributed by atoms with Crippen molar-refractivity contribution < 1.29 is 23.9 Å². The summed E-state index contributed by atoms with van der Waals surface area (Å²) in [6.45, 7) is 5.27. The van der Waals surface area contributed by atoms with Crippen molar-refractivity contribution in [1.82, 2.24) is 0 Å². The summed E-state index contributed by atoms with van der Waals surface area (Å²) in [5.74, 6) is -0.831. The Hall–Kier alpha value is -3.35. The summed E-state index contributed by atoms with van der Waals surface area (Å²) in [5, 5.41) is 2.70. The first-order valence-electron chi connectivity index (χ1n) is 9.33. The van der Waals surface area contributed by atoms with Crippen LogP contribution < -0.4 is 15.0 Å². The highest BCUT2D eigenvalue weighted by molar-refractivity contribution is 6.10. The van der Waals surface area contributed by atoms with E-state index in [1.807, 2.05) is 18.2 Å². The van der Waals surface area contributed by atoms with Crippen LogP contribution in [0.2, 0.25) is 0 Å². The molecule has 2 aromatic carbocycles. The molecule has 0 aromatic heterocycles. The molecule has 1 heterocycles. The molecule has 0 radical (unpaired) electrons. The summed E-state index contributed by atoms with van der Waals surface area (Å²) in [7, 11) is 0. The van der Waals surface area contributed by atoms with Gasteiger partial charge in [-0.15, -0.1) is 0 Å². The zero-order chi connectivity index (χ0) is 21.0. The smallest absolute Gasteiger partial charge is 0.344 e. The molecular weight excluding hydrogens is 372 g/mol. The maximum Gasteiger partial charge on any atom is 0.344 e. The van der Waals surface area contributed by atoms with E-state index in [4.69, 9.17) is 9.47 Å². The van der Waals surface area contributed by atoms with Gasteiger partial charge in [0.15, 0.2) is 13.2 Å². The molecule has 0 fully saturated rings. The molecule has 2 amide bonds. The summed E-state index contributed by atoms with van der Waals surface area (Å²) >= 11 is 0. The van der Waals surface area contributed by atoms with Crippen LogP contribution in [0.5, 0.6) is 5.75 Å². The standard InChI is InChI=1S/C22H24N2O5/c1-22(2,3)15-8-4-7-11-18(15)28-14-21(27)29-13-20(26)24-12-19(25)23-16-9-5-6-10-17(16)24/h4-11H,12-14H2,1-3H3,(H,23,25). The number of hydrogen-bond donors (Lipinski definition) is 1. The molecule has 3 rings (SSSR count).